The lowest BCUT2D eigenvalue weighted by molar-refractivity contribution is 0.561. The average molecular weight is 258 g/mol. The van der Waals surface area contributed by atoms with Crippen LogP contribution in [0.4, 0.5) is 0 Å². The van der Waals surface area contributed by atoms with E-state index in [-0.39, 0.29) is 5.69 Å². The van der Waals surface area contributed by atoms with Crippen LogP contribution in [0.2, 0.25) is 0 Å². The van der Waals surface area contributed by atoms with Gasteiger partial charge in [0.25, 0.3) is 0 Å². The lowest BCUT2D eigenvalue weighted by atomic mass is 10.2. The Morgan fingerprint density at radius 2 is 2.24 bits per heavy atom. The van der Waals surface area contributed by atoms with Gasteiger partial charge in [-0.2, -0.15) is 0 Å². The van der Waals surface area contributed by atoms with Crippen LogP contribution in [0.25, 0.3) is 0 Å². The quantitative estimate of drug-likeness (QED) is 0.693. The molecule has 2 N–H and O–H groups in total. The van der Waals surface area contributed by atoms with E-state index in [0.29, 0.717) is 6.04 Å². The van der Waals surface area contributed by atoms with Crippen molar-refractivity contribution >= 4 is 11.8 Å². The van der Waals surface area contributed by atoms with E-state index in [1.54, 1.807) is 16.3 Å². The summed E-state index contributed by atoms with van der Waals surface area (Å²) in [6.07, 6.45) is 3.25. The molecule has 1 atom stereocenters. The number of H-pyrrole nitrogens is 1. The molecule has 0 amide bonds. The summed E-state index contributed by atoms with van der Waals surface area (Å²) in [5.74, 6) is 0.943. The van der Waals surface area contributed by atoms with Crippen molar-refractivity contribution in [3.8, 4) is 0 Å². The molecule has 1 rings (SSSR count). The van der Waals surface area contributed by atoms with Gasteiger partial charge in [-0.3, -0.25) is 4.57 Å². The van der Waals surface area contributed by atoms with Gasteiger partial charge in [-0.25, -0.2) is 9.89 Å². The summed E-state index contributed by atoms with van der Waals surface area (Å²) in [4.78, 5) is 11.5. The zero-order valence-corrected chi connectivity index (χ0v) is 11.6. The van der Waals surface area contributed by atoms with E-state index in [1.165, 1.54) is 0 Å². The minimum absolute atomic E-state index is 0.106. The highest BCUT2D eigenvalue weighted by atomic mass is 32.2. The predicted octanol–water partition coefficient (Wildman–Crippen LogP) is 1.46. The Labute approximate surface area is 106 Å². The molecule has 0 bridgehead atoms. The standard InChI is InChI=1S/C11H22N4OS/c1-4-6-9(12-3)8-17-11-14-13-10(16)15(11)7-5-2/h9,12H,4-8H2,1-3H3,(H,13,16). The van der Waals surface area contributed by atoms with Gasteiger partial charge in [0.1, 0.15) is 0 Å². The van der Waals surface area contributed by atoms with E-state index < -0.39 is 0 Å². The highest BCUT2D eigenvalue weighted by molar-refractivity contribution is 7.99. The van der Waals surface area contributed by atoms with Crippen LogP contribution in [0, 0.1) is 0 Å². The van der Waals surface area contributed by atoms with Crippen LogP contribution in [0.3, 0.4) is 0 Å². The number of hydrogen-bond donors (Lipinski definition) is 2. The highest BCUT2D eigenvalue weighted by Crippen LogP contribution is 2.16. The molecule has 6 heteroatoms. The lowest BCUT2D eigenvalue weighted by Crippen LogP contribution is -2.27. The van der Waals surface area contributed by atoms with Crippen LogP contribution >= 0.6 is 11.8 Å². The van der Waals surface area contributed by atoms with E-state index >= 15 is 0 Å². The molecule has 0 aromatic carbocycles. The second-order valence-electron chi connectivity index (χ2n) is 4.05. The van der Waals surface area contributed by atoms with Crippen molar-refractivity contribution in [3.05, 3.63) is 10.5 Å². The first-order valence-electron chi connectivity index (χ1n) is 6.18. The molecule has 0 spiro atoms. The molecule has 0 aliphatic heterocycles. The molecule has 0 aliphatic rings. The molecule has 1 aromatic rings. The van der Waals surface area contributed by atoms with Crippen molar-refractivity contribution in [2.24, 2.45) is 0 Å². The second-order valence-corrected chi connectivity index (χ2v) is 5.04. The topological polar surface area (TPSA) is 62.7 Å². The van der Waals surface area contributed by atoms with Crippen LogP contribution in [-0.2, 0) is 6.54 Å². The van der Waals surface area contributed by atoms with Gasteiger partial charge in [-0.1, -0.05) is 32.0 Å². The van der Waals surface area contributed by atoms with Crippen LogP contribution in [0.15, 0.2) is 9.95 Å². The predicted molar refractivity (Wildman–Crippen MR) is 71.6 cm³/mol. The van der Waals surface area contributed by atoms with Crippen LogP contribution in [0.5, 0.6) is 0 Å². The van der Waals surface area contributed by atoms with E-state index in [1.807, 2.05) is 7.05 Å². The molecule has 17 heavy (non-hydrogen) atoms. The summed E-state index contributed by atoms with van der Waals surface area (Å²) in [5.41, 5.74) is -0.106. The van der Waals surface area contributed by atoms with Crippen molar-refractivity contribution < 1.29 is 0 Å². The molecule has 0 radical (unpaired) electrons. The molecular weight excluding hydrogens is 236 g/mol. The van der Waals surface area contributed by atoms with E-state index in [9.17, 15) is 4.79 Å². The number of nitrogens with one attached hydrogen (secondary N) is 2. The maximum atomic E-state index is 11.5. The first-order valence-corrected chi connectivity index (χ1v) is 7.16. The molecule has 1 heterocycles. The SMILES string of the molecule is CCCC(CSc1n[nH]c(=O)n1CCC)NC. The van der Waals surface area contributed by atoms with Crippen molar-refractivity contribution in [1.29, 1.82) is 0 Å². The Bertz CT molecular complexity index is 374. The number of thioether (sulfide) groups is 1. The van der Waals surface area contributed by atoms with E-state index in [0.717, 1.165) is 36.7 Å². The first kappa shape index (κ1) is 14.3. The number of aromatic nitrogens is 3. The van der Waals surface area contributed by atoms with Crippen molar-refractivity contribution in [1.82, 2.24) is 20.1 Å². The monoisotopic (exact) mass is 258 g/mol. The number of hydrogen-bond acceptors (Lipinski definition) is 4. The molecule has 0 fully saturated rings. The van der Waals surface area contributed by atoms with Gasteiger partial charge >= 0.3 is 5.69 Å². The number of rotatable bonds is 8. The van der Waals surface area contributed by atoms with Gasteiger partial charge in [0.15, 0.2) is 5.16 Å². The first-order chi connectivity index (χ1) is 8.22. The third-order valence-corrected chi connectivity index (χ3v) is 3.77. The lowest BCUT2D eigenvalue weighted by Gasteiger charge is -2.14. The van der Waals surface area contributed by atoms with Crippen molar-refractivity contribution in [2.75, 3.05) is 12.8 Å². The van der Waals surface area contributed by atoms with Gasteiger partial charge in [0, 0.05) is 18.3 Å². The number of aromatic amines is 1. The fourth-order valence-corrected chi connectivity index (χ4v) is 2.79. The smallest absolute Gasteiger partial charge is 0.316 e. The summed E-state index contributed by atoms with van der Waals surface area (Å²) >= 11 is 1.64. The molecule has 0 saturated carbocycles. The Kier molecular flexibility index (Phi) is 6.36. The summed E-state index contributed by atoms with van der Waals surface area (Å²) in [6, 6.07) is 0.479. The zero-order valence-electron chi connectivity index (χ0n) is 10.8. The Morgan fingerprint density at radius 1 is 1.47 bits per heavy atom. The Morgan fingerprint density at radius 3 is 2.82 bits per heavy atom. The van der Waals surface area contributed by atoms with E-state index in [4.69, 9.17) is 0 Å². The molecule has 1 aromatic heterocycles. The maximum absolute atomic E-state index is 11.5. The van der Waals surface area contributed by atoms with Crippen LogP contribution in [-0.4, -0.2) is 33.6 Å². The average Bonchev–Trinajstić information content (AvgIpc) is 2.67. The summed E-state index contributed by atoms with van der Waals surface area (Å²) in [5, 5.41) is 10.7. The zero-order chi connectivity index (χ0) is 12.7. The van der Waals surface area contributed by atoms with Gasteiger partial charge < -0.3 is 5.32 Å². The highest BCUT2D eigenvalue weighted by Gasteiger charge is 2.11. The molecule has 1 unspecified atom stereocenters. The molecular formula is C11H22N4OS. The van der Waals surface area contributed by atoms with Gasteiger partial charge in [-0.05, 0) is 19.9 Å². The van der Waals surface area contributed by atoms with Crippen LogP contribution < -0.4 is 11.0 Å². The fraction of sp³-hybridized carbons (Fsp3) is 0.818. The van der Waals surface area contributed by atoms with Crippen LogP contribution in [0.1, 0.15) is 33.1 Å². The molecule has 5 nitrogen and oxygen atoms in total. The maximum Gasteiger partial charge on any atom is 0.343 e. The summed E-state index contributed by atoms with van der Waals surface area (Å²) < 4.78 is 1.71. The molecule has 0 aliphatic carbocycles. The molecule has 0 saturated heterocycles. The summed E-state index contributed by atoms with van der Waals surface area (Å²) in [7, 11) is 1.98. The fourth-order valence-electron chi connectivity index (χ4n) is 1.67. The summed E-state index contributed by atoms with van der Waals surface area (Å²) in [6.45, 7) is 4.97. The Hall–Kier alpha value is -0.750. The minimum Gasteiger partial charge on any atom is -0.316 e. The third-order valence-electron chi connectivity index (χ3n) is 2.63. The molecule has 98 valence electrons. The van der Waals surface area contributed by atoms with Crippen molar-refractivity contribution in [2.45, 2.75) is 50.9 Å². The van der Waals surface area contributed by atoms with Gasteiger partial charge in [0.05, 0.1) is 0 Å². The minimum atomic E-state index is -0.106. The Balaban J connectivity index is 2.58. The van der Waals surface area contributed by atoms with Gasteiger partial charge in [0.2, 0.25) is 0 Å². The normalized spacial score (nSPS) is 12.9. The van der Waals surface area contributed by atoms with E-state index in [2.05, 4.69) is 29.4 Å². The number of nitrogens with zero attached hydrogens (tertiary/aromatic N) is 2. The van der Waals surface area contributed by atoms with Crippen molar-refractivity contribution in [3.63, 3.8) is 0 Å². The van der Waals surface area contributed by atoms with Gasteiger partial charge in [-0.15, -0.1) is 5.10 Å². The third kappa shape index (κ3) is 4.20. The second kappa shape index (κ2) is 7.55. The largest absolute Gasteiger partial charge is 0.343 e.